The van der Waals surface area contributed by atoms with Gasteiger partial charge in [-0.1, -0.05) is 49.9 Å². The van der Waals surface area contributed by atoms with E-state index in [4.69, 9.17) is 0 Å². The lowest BCUT2D eigenvalue weighted by Gasteiger charge is -2.04. The number of nitro groups is 2. The molecule has 0 fully saturated rings. The molecule has 10 heteroatoms. The first kappa shape index (κ1) is 27.9. The van der Waals surface area contributed by atoms with E-state index in [1.54, 1.807) is 36.4 Å². The monoisotopic (exact) mass is 494 g/mol. The molecule has 2 amide bonds. The van der Waals surface area contributed by atoms with Gasteiger partial charge in [0.15, 0.2) is 0 Å². The number of carbonyl (C=O) groups is 2. The zero-order chi connectivity index (χ0) is 26.2. The molecule has 190 valence electrons. The maximum atomic E-state index is 11.9. The van der Waals surface area contributed by atoms with Gasteiger partial charge in [0.1, 0.15) is 0 Å². The van der Waals surface area contributed by atoms with Gasteiger partial charge < -0.3 is 10.6 Å². The molecule has 2 aromatic carbocycles. The molecule has 0 unspecified atom stereocenters. The summed E-state index contributed by atoms with van der Waals surface area (Å²) in [6, 6.07) is 12.2. The fourth-order valence-electron chi connectivity index (χ4n) is 3.33. The minimum absolute atomic E-state index is 0.0186. The first-order chi connectivity index (χ1) is 17.3. The zero-order valence-corrected chi connectivity index (χ0v) is 19.9. The number of hydrogen-bond acceptors (Lipinski definition) is 6. The highest BCUT2D eigenvalue weighted by molar-refractivity contribution is 5.92. The Morgan fingerprint density at radius 1 is 0.667 bits per heavy atom. The maximum Gasteiger partial charge on any atom is 0.270 e. The van der Waals surface area contributed by atoms with Gasteiger partial charge in [-0.25, -0.2) is 0 Å². The quantitative estimate of drug-likeness (QED) is 0.157. The average Bonchev–Trinajstić information content (AvgIpc) is 2.87. The second-order valence-corrected chi connectivity index (χ2v) is 8.07. The fourth-order valence-corrected chi connectivity index (χ4v) is 3.33. The molecule has 10 nitrogen and oxygen atoms in total. The number of hydrogen-bond donors (Lipinski definition) is 2. The zero-order valence-electron chi connectivity index (χ0n) is 19.9. The molecular weight excluding hydrogens is 464 g/mol. The predicted octanol–water partition coefficient (Wildman–Crippen LogP) is 4.80. The van der Waals surface area contributed by atoms with Gasteiger partial charge >= 0.3 is 0 Å². The number of rotatable bonds is 15. The van der Waals surface area contributed by atoms with Crippen molar-refractivity contribution in [2.24, 2.45) is 0 Å². The van der Waals surface area contributed by atoms with Crippen LogP contribution in [0.3, 0.4) is 0 Å². The number of non-ortho nitro benzene ring substituents is 2. The largest absolute Gasteiger partial charge is 0.353 e. The molecule has 0 radical (unpaired) electrons. The van der Waals surface area contributed by atoms with Crippen molar-refractivity contribution in [2.75, 3.05) is 13.1 Å². The van der Waals surface area contributed by atoms with Crippen LogP contribution >= 0.6 is 0 Å². The Hall–Kier alpha value is -4.34. The van der Waals surface area contributed by atoms with E-state index >= 15 is 0 Å². The molecule has 2 rings (SSSR count). The highest BCUT2D eigenvalue weighted by atomic mass is 16.6. The second kappa shape index (κ2) is 15.5. The smallest absolute Gasteiger partial charge is 0.270 e. The lowest BCUT2D eigenvalue weighted by atomic mass is 10.1. The molecule has 0 aliphatic rings. The standard InChI is InChI=1S/C26H30N4O6/c31-25(15-13-21-9-7-11-23(19-21)29(33)34)27-17-5-3-1-2-4-6-18-28-26(32)16-14-22-10-8-12-24(20-22)30(35)36/h7-16,19-20H,1-6,17-18H2,(H,27,31)(H,28,32). The Morgan fingerprint density at radius 2 is 1.06 bits per heavy atom. The Morgan fingerprint density at radius 3 is 1.44 bits per heavy atom. The highest BCUT2D eigenvalue weighted by Crippen LogP contribution is 2.15. The summed E-state index contributed by atoms with van der Waals surface area (Å²) in [7, 11) is 0. The third-order valence-electron chi connectivity index (χ3n) is 5.22. The summed E-state index contributed by atoms with van der Waals surface area (Å²) in [5.74, 6) is -0.478. The summed E-state index contributed by atoms with van der Waals surface area (Å²) in [6.45, 7) is 1.12. The normalized spacial score (nSPS) is 11.0. The first-order valence-electron chi connectivity index (χ1n) is 11.8. The number of amides is 2. The number of nitrogens with zero attached hydrogens (tertiary/aromatic N) is 2. The molecule has 0 bridgehead atoms. The van der Waals surface area contributed by atoms with Crippen LogP contribution in [0.1, 0.15) is 49.7 Å². The van der Waals surface area contributed by atoms with Gasteiger partial charge in [0.25, 0.3) is 11.4 Å². The summed E-state index contributed by atoms with van der Waals surface area (Å²) in [5.41, 5.74) is 1.15. The second-order valence-electron chi connectivity index (χ2n) is 8.07. The van der Waals surface area contributed by atoms with E-state index in [1.807, 2.05) is 0 Å². The average molecular weight is 495 g/mol. The number of benzene rings is 2. The van der Waals surface area contributed by atoms with E-state index in [9.17, 15) is 29.8 Å². The Balaban J connectivity index is 1.49. The van der Waals surface area contributed by atoms with Crippen LogP contribution in [-0.2, 0) is 9.59 Å². The minimum Gasteiger partial charge on any atom is -0.353 e. The molecule has 0 aromatic heterocycles. The molecule has 0 saturated heterocycles. The molecule has 0 saturated carbocycles. The minimum atomic E-state index is -0.476. The predicted molar refractivity (Wildman–Crippen MR) is 138 cm³/mol. The summed E-state index contributed by atoms with van der Waals surface area (Å²) in [5, 5.41) is 27.2. The van der Waals surface area contributed by atoms with E-state index in [1.165, 1.54) is 36.4 Å². The van der Waals surface area contributed by atoms with Crippen LogP contribution in [0.2, 0.25) is 0 Å². The van der Waals surface area contributed by atoms with Gasteiger partial charge in [0, 0.05) is 49.5 Å². The Bertz CT molecular complexity index is 1030. The topological polar surface area (TPSA) is 144 Å². The van der Waals surface area contributed by atoms with Crippen LogP contribution in [0.25, 0.3) is 12.2 Å². The van der Waals surface area contributed by atoms with Crippen molar-refractivity contribution in [1.29, 1.82) is 0 Å². The summed E-state index contributed by atoms with van der Waals surface area (Å²) < 4.78 is 0. The van der Waals surface area contributed by atoms with Crippen molar-refractivity contribution in [3.8, 4) is 0 Å². The maximum absolute atomic E-state index is 11.9. The summed E-state index contributed by atoms with van der Waals surface area (Å²) >= 11 is 0. The van der Waals surface area contributed by atoms with Crippen LogP contribution in [0, 0.1) is 20.2 Å². The Labute approximate surface area is 209 Å². The summed E-state index contributed by atoms with van der Waals surface area (Å²) in [4.78, 5) is 44.3. The first-order valence-corrected chi connectivity index (χ1v) is 11.8. The lowest BCUT2D eigenvalue weighted by Crippen LogP contribution is -2.22. The number of unbranched alkanes of at least 4 members (excludes halogenated alkanes) is 5. The van der Waals surface area contributed by atoms with Gasteiger partial charge in [-0.15, -0.1) is 0 Å². The number of nitrogens with one attached hydrogen (secondary N) is 2. The van der Waals surface area contributed by atoms with Crippen molar-refractivity contribution in [1.82, 2.24) is 10.6 Å². The van der Waals surface area contributed by atoms with Crippen molar-refractivity contribution >= 4 is 35.3 Å². The van der Waals surface area contributed by atoms with E-state index in [-0.39, 0.29) is 23.2 Å². The molecule has 2 aromatic rings. The SMILES string of the molecule is O=C(C=Cc1cccc([N+](=O)[O-])c1)NCCCCCCCCNC(=O)C=Cc1cccc([N+](=O)[O-])c1. The molecule has 0 aliphatic carbocycles. The van der Waals surface area contributed by atoms with Gasteiger partial charge in [-0.3, -0.25) is 29.8 Å². The van der Waals surface area contributed by atoms with Crippen molar-refractivity contribution in [3.05, 3.63) is 92.0 Å². The molecule has 0 aliphatic heterocycles. The van der Waals surface area contributed by atoms with E-state index < -0.39 is 9.85 Å². The molecule has 2 N–H and O–H groups in total. The van der Waals surface area contributed by atoms with E-state index in [0.717, 1.165) is 38.5 Å². The van der Waals surface area contributed by atoms with Gasteiger partial charge in [-0.05, 0) is 36.1 Å². The molecule has 0 heterocycles. The van der Waals surface area contributed by atoms with Crippen molar-refractivity contribution < 1.29 is 19.4 Å². The van der Waals surface area contributed by atoms with Crippen molar-refractivity contribution in [2.45, 2.75) is 38.5 Å². The fraction of sp³-hybridized carbons (Fsp3) is 0.308. The highest BCUT2D eigenvalue weighted by Gasteiger charge is 2.05. The van der Waals surface area contributed by atoms with Gasteiger partial charge in [-0.2, -0.15) is 0 Å². The molecule has 0 spiro atoms. The van der Waals surface area contributed by atoms with Crippen molar-refractivity contribution in [3.63, 3.8) is 0 Å². The van der Waals surface area contributed by atoms with Crippen LogP contribution < -0.4 is 10.6 Å². The van der Waals surface area contributed by atoms with Crippen LogP contribution in [0.4, 0.5) is 11.4 Å². The number of carbonyl (C=O) groups excluding carboxylic acids is 2. The lowest BCUT2D eigenvalue weighted by molar-refractivity contribution is -0.385. The van der Waals surface area contributed by atoms with Crippen LogP contribution in [0.5, 0.6) is 0 Å². The van der Waals surface area contributed by atoms with Gasteiger partial charge in [0.2, 0.25) is 11.8 Å². The third-order valence-corrected chi connectivity index (χ3v) is 5.22. The van der Waals surface area contributed by atoms with Crippen LogP contribution in [-0.4, -0.2) is 34.8 Å². The molecule has 36 heavy (non-hydrogen) atoms. The van der Waals surface area contributed by atoms with Gasteiger partial charge in [0.05, 0.1) is 9.85 Å². The Kier molecular flexibility index (Phi) is 12.0. The third kappa shape index (κ3) is 11.2. The molecular formula is C26H30N4O6. The van der Waals surface area contributed by atoms with E-state index in [0.29, 0.717) is 24.2 Å². The van der Waals surface area contributed by atoms with E-state index in [2.05, 4.69) is 10.6 Å². The summed E-state index contributed by atoms with van der Waals surface area (Å²) in [6.07, 6.45) is 11.6. The molecule has 0 atom stereocenters. The van der Waals surface area contributed by atoms with Crippen LogP contribution in [0.15, 0.2) is 60.7 Å². The number of nitro benzene ring substituents is 2.